The highest BCUT2D eigenvalue weighted by Gasteiger charge is 2.20. The van der Waals surface area contributed by atoms with E-state index in [1.807, 2.05) is 25.1 Å². The molecule has 1 aliphatic carbocycles. The third-order valence-corrected chi connectivity index (χ3v) is 5.26. The van der Waals surface area contributed by atoms with Crippen LogP contribution in [0, 0.1) is 6.92 Å². The number of benzene rings is 1. The lowest BCUT2D eigenvalue weighted by molar-refractivity contribution is 0.519. The van der Waals surface area contributed by atoms with Gasteiger partial charge in [0.05, 0.1) is 0 Å². The number of nitrogens with one attached hydrogen (secondary N) is 2. The standard InChI is InChI=1S/C22H24N4O/c1-15-17(22(27)26-21(25-15)20-10-4-5-13-24-20)9-6-14-23-19-12-11-16-7-2-3-8-18(16)19/h2-5,7-8,10,13,19,23H,6,9,11-12,14H2,1H3,(H,25,26,27). The third-order valence-electron chi connectivity index (χ3n) is 5.26. The summed E-state index contributed by atoms with van der Waals surface area (Å²) in [7, 11) is 0. The van der Waals surface area contributed by atoms with Gasteiger partial charge in [0.2, 0.25) is 0 Å². The molecule has 0 bridgehead atoms. The number of hydrogen-bond donors (Lipinski definition) is 2. The van der Waals surface area contributed by atoms with E-state index in [4.69, 9.17) is 0 Å². The molecule has 0 amide bonds. The molecule has 0 spiro atoms. The highest BCUT2D eigenvalue weighted by molar-refractivity contribution is 5.48. The van der Waals surface area contributed by atoms with Crippen LogP contribution in [-0.4, -0.2) is 21.5 Å². The van der Waals surface area contributed by atoms with Crippen molar-refractivity contribution in [2.24, 2.45) is 0 Å². The maximum Gasteiger partial charge on any atom is 0.254 e. The van der Waals surface area contributed by atoms with Gasteiger partial charge >= 0.3 is 0 Å². The van der Waals surface area contributed by atoms with Gasteiger partial charge in [-0.05, 0) is 62.4 Å². The van der Waals surface area contributed by atoms with Crippen molar-refractivity contribution in [3.63, 3.8) is 0 Å². The maximum absolute atomic E-state index is 12.5. The first-order chi connectivity index (χ1) is 13.2. The van der Waals surface area contributed by atoms with E-state index in [9.17, 15) is 4.79 Å². The Hall–Kier alpha value is -2.79. The molecule has 0 aliphatic heterocycles. The second-order valence-corrected chi connectivity index (χ2v) is 7.04. The summed E-state index contributed by atoms with van der Waals surface area (Å²) < 4.78 is 0. The SMILES string of the molecule is Cc1nc(-c2ccccn2)[nH]c(=O)c1CCCNC1CCc2ccccc21. The smallest absolute Gasteiger partial charge is 0.254 e. The van der Waals surface area contributed by atoms with E-state index in [0.29, 0.717) is 17.6 Å². The molecule has 4 rings (SSSR count). The Bertz CT molecular complexity index is 981. The summed E-state index contributed by atoms with van der Waals surface area (Å²) in [6, 6.07) is 14.7. The molecule has 0 radical (unpaired) electrons. The third kappa shape index (κ3) is 3.83. The van der Waals surface area contributed by atoms with Gasteiger partial charge in [0.1, 0.15) is 5.69 Å². The minimum atomic E-state index is -0.0608. The predicted octanol–water partition coefficient (Wildman–Crippen LogP) is 3.35. The van der Waals surface area contributed by atoms with Crippen molar-refractivity contribution < 1.29 is 0 Å². The van der Waals surface area contributed by atoms with Crippen molar-refractivity contribution >= 4 is 0 Å². The Balaban J connectivity index is 1.37. The number of H-pyrrole nitrogens is 1. The largest absolute Gasteiger partial charge is 0.310 e. The van der Waals surface area contributed by atoms with E-state index >= 15 is 0 Å². The summed E-state index contributed by atoms with van der Waals surface area (Å²) in [4.78, 5) is 24.2. The fourth-order valence-electron chi connectivity index (χ4n) is 3.84. The van der Waals surface area contributed by atoms with E-state index in [1.165, 1.54) is 11.1 Å². The summed E-state index contributed by atoms with van der Waals surface area (Å²) in [6.45, 7) is 2.79. The van der Waals surface area contributed by atoms with Gasteiger partial charge < -0.3 is 10.3 Å². The van der Waals surface area contributed by atoms with Crippen LogP contribution in [-0.2, 0) is 12.8 Å². The molecule has 0 fully saturated rings. The summed E-state index contributed by atoms with van der Waals surface area (Å²) in [5, 5.41) is 3.64. The highest BCUT2D eigenvalue weighted by atomic mass is 16.1. The van der Waals surface area contributed by atoms with Crippen LogP contribution in [0.3, 0.4) is 0 Å². The van der Waals surface area contributed by atoms with Gasteiger partial charge in [0, 0.05) is 23.5 Å². The minimum absolute atomic E-state index is 0.0608. The molecule has 5 heteroatoms. The Morgan fingerprint density at radius 1 is 1.19 bits per heavy atom. The summed E-state index contributed by atoms with van der Waals surface area (Å²) in [5.41, 5.74) is 5.05. The number of pyridine rings is 1. The summed E-state index contributed by atoms with van der Waals surface area (Å²) >= 11 is 0. The van der Waals surface area contributed by atoms with Crippen LogP contribution >= 0.6 is 0 Å². The van der Waals surface area contributed by atoms with Crippen LogP contribution in [0.5, 0.6) is 0 Å². The molecule has 1 aliphatic rings. The van der Waals surface area contributed by atoms with Crippen molar-refractivity contribution in [1.29, 1.82) is 0 Å². The lowest BCUT2D eigenvalue weighted by Crippen LogP contribution is -2.23. The first kappa shape index (κ1) is 17.6. The molecule has 1 atom stereocenters. The molecule has 27 heavy (non-hydrogen) atoms. The number of aromatic nitrogens is 3. The summed E-state index contributed by atoms with van der Waals surface area (Å²) in [6.07, 6.45) is 5.63. The first-order valence-electron chi connectivity index (χ1n) is 9.55. The van der Waals surface area contributed by atoms with E-state index in [0.717, 1.165) is 43.5 Å². The van der Waals surface area contributed by atoms with Crippen molar-refractivity contribution in [3.05, 3.63) is 81.4 Å². The van der Waals surface area contributed by atoms with E-state index in [-0.39, 0.29) is 5.56 Å². The Morgan fingerprint density at radius 3 is 2.85 bits per heavy atom. The molecule has 0 saturated carbocycles. The zero-order valence-corrected chi connectivity index (χ0v) is 15.5. The molecule has 2 heterocycles. The number of rotatable bonds is 6. The molecule has 2 aromatic heterocycles. The molecule has 1 unspecified atom stereocenters. The zero-order valence-electron chi connectivity index (χ0n) is 15.5. The predicted molar refractivity (Wildman–Crippen MR) is 107 cm³/mol. The van der Waals surface area contributed by atoms with Gasteiger partial charge in [-0.25, -0.2) is 4.98 Å². The number of aromatic amines is 1. The quantitative estimate of drug-likeness (QED) is 0.662. The molecule has 0 saturated heterocycles. The molecule has 2 N–H and O–H groups in total. The lowest BCUT2D eigenvalue weighted by Gasteiger charge is -2.14. The second kappa shape index (κ2) is 7.84. The normalized spacial score (nSPS) is 15.7. The van der Waals surface area contributed by atoms with Crippen LogP contribution < -0.4 is 10.9 Å². The number of hydrogen-bond acceptors (Lipinski definition) is 4. The van der Waals surface area contributed by atoms with Crippen molar-refractivity contribution in [2.45, 2.75) is 38.6 Å². The molecular weight excluding hydrogens is 336 g/mol. The fourth-order valence-corrected chi connectivity index (χ4v) is 3.84. The van der Waals surface area contributed by atoms with Gasteiger partial charge in [0.15, 0.2) is 5.82 Å². The molecule has 3 aromatic rings. The van der Waals surface area contributed by atoms with Gasteiger partial charge in [-0.1, -0.05) is 30.3 Å². The second-order valence-electron chi connectivity index (χ2n) is 7.04. The fraction of sp³-hybridized carbons (Fsp3) is 0.318. The zero-order chi connectivity index (χ0) is 18.6. The average Bonchev–Trinajstić information content (AvgIpc) is 3.10. The first-order valence-corrected chi connectivity index (χ1v) is 9.55. The Kier molecular flexibility index (Phi) is 5.12. The Morgan fingerprint density at radius 2 is 2.04 bits per heavy atom. The highest BCUT2D eigenvalue weighted by Crippen LogP contribution is 2.30. The maximum atomic E-state index is 12.5. The molecule has 5 nitrogen and oxygen atoms in total. The number of nitrogens with zero attached hydrogens (tertiary/aromatic N) is 2. The molecular formula is C22H24N4O. The molecule has 1 aromatic carbocycles. The van der Waals surface area contributed by atoms with E-state index in [1.54, 1.807) is 6.20 Å². The van der Waals surface area contributed by atoms with Gasteiger partial charge in [-0.2, -0.15) is 0 Å². The Labute approximate surface area is 158 Å². The van der Waals surface area contributed by atoms with Gasteiger partial charge in [-0.3, -0.25) is 9.78 Å². The topological polar surface area (TPSA) is 70.7 Å². The average molecular weight is 360 g/mol. The van der Waals surface area contributed by atoms with Crippen LogP contribution in [0.1, 0.15) is 41.3 Å². The van der Waals surface area contributed by atoms with Crippen LogP contribution in [0.4, 0.5) is 0 Å². The van der Waals surface area contributed by atoms with Crippen molar-refractivity contribution in [1.82, 2.24) is 20.3 Å². The van der Waals surface area contributed by atoms with Gasteiger partial charge in [0.25, 0.3) is 5.56 Å². The van der Waals surface area contributed by atoms with Crippen LogP contribution in [0.15, 0.2) is 53.5 Å². The van der Waals surface area contributed by atoms with E-state index < -0.39 is 0 Å². The monoisotopic (exact) mass is 360 g/mol. The number of fused-ring (bicyclic) bond motifs is 1. The summed E-state index contributed by atoms with van der Waals surface area (Å²) in [5.74, 6) is 0.530. The van der Waals surface area contributed by atoms with Crippen molar-refractivity contribution in [3.8, 4) is 11.5 Å². The van der Waals surface area contributed by atoms with Crippen LogP contribution in [0.25, 0.3) is 11.5 Å². The number of aryl methyl sites for hydroxylation is 2. The van der Waals surface area contributed by atoms with E-state index in [2.05, 4.69) is 44.5 Å². The minimum Gasteiger partial charge on any atom is -0.310 e. The van der Waals surface area contributed by atoms with Crippen LogP contribution in [0.2, 0.25) is 0 Å². The lowest BCUT2D eigenvalue weighted by atomic mass is 10.1. The van der Waals surface area contributed by atoms with Crippen molar-refractivity contribution in [2.75, 3.05) is 6.54 Å². The molecule has 138 valence electrons. The van der Waals surface area contributed by atoms with Gasteiger partial charge in [-0.15, -0.1) is 0 Å².